The molecule has 1 aromatic heterocycles. The summed E-state index contributed by atoms with van der Waals surface area (Å²) in [6.45, 7) is 12.1. The lowest BCUT2D eigenvalue weighted by Crippen LogP contribution is -2.23. The molecular formula is C20H29N3O. The molecule has 2 aromatic rings. The highest BCUT2D eigenvalue weighted by atomic mass is 16.1. The minimum absolute atomic E-state index is 0.0897. The standard InChI is InChI=1S/C20H29N3O/c1-14(2)13-23-17(5)19(16(4)22-23)9-10-20(24)21-12-18-8-6-7-15(3)11-18/h6-8,11,14H,9-10,12-13H2,1-5H3,(H,21,24). The topological polar surface area (TPSA) is 46.9 Å². The smallest absolute Gasteiger partial charge is 0.220 e. The number of benzene rings is 1. The van der Waals surface area contributed by atoms with Gasteiger partial charge in [0.2, 0.25) is 5.91 Å². The van der Waals surface area contributed by atoms with Gasteiger partial charge < -0.3 is 5.32 Å². The van der Waals surface area contributed by atoms with Gasteiger partial charge in [0, 0.05) is 25.2 Å². The van der Waals surface area contributed by atoms with Crippen LogP contribution in [-0.4, -0.2) is 15.7 Å². The molecule has 0 atom stereocenters. The highest BCUT2D eigenvalue weighted by molar-refractivity contribution is 5.76. The average molecular weight is 327 g/mol. The number of carbonyl (C=O) groups excluding carboxylic acids is 1. The molecule has 1 N–H and O–H groups in total. The van der Waals surface area contributed by atoms with E-state index in [0.717, 1.165) is 24.2 Å². The maximum Gasteiger partial charge on any atom is 0.220 e. The van der Waals surface area contributed by atoms with E-state index in [1.807, 2.05) is 19.1 Å². The second-order valence-electron chi connectivity index (χ2n) is 6.99. The van der Waals surface area contributed by atoms with Crippen LogP contribution in [0, 0.1) is 26.7 Å². The van der Waals surface area contributed by atoms with Crippen molar-refractivity contribution < 1.29 is 4.79 Å². The van der Waals surface area contributed by atoms with Crippen LogP contribution in [0.1, 0.15) is 48.3 Å². The van der Waals surface area contributed by atoms with Gasteiger partial charge in [0.05, 0.1) is 5.69 Å². The Morgan fingerprint density at radius 1 is 1.25 bits per heavy atom. The summed E-state index contributed by atoms with van der Waals surface area (Å²) in [6, 6.07) is 8.22. The molecule has 0 saturated carbocycles. The van der Waals surface area contributed by atoms with Gasteiger partial charge in [0.15, 0.2) is 0 Å². The van der Waals surface area contributed by atoms with Crippen LogP contribution in [0.2, 0.25) is 0 Å². The third kappa shape index (κ3) is 4.95. The number of rotatable bonds is 7. The van der Waals surface area contributed by atoms with Crippen LogP contribution in [0.4, 0.5) is 0 Å². The van der Waals surface area contributed by atoms with Crippen LogP contribution in [0.25, 0.3) is 0 Å². The Labute approximate surface area is 145 Å². The molecular weight excluding hydrogens is 298 g/mol. The van der Waals surface area contributed by atoms with Crippen LogP contribution >= 0.6 is 0 Å². The Morgan fingerprint density at radius 3 is 2.67 bits per heavy atom. The molecule has 2 rings (SSSR count). The van der Waals surface area contributed by atoms with E-state index in [1.54, 1.807) is 0 Å². The summed E-state index contributed by atoms with van der Waals surface area (Å²) >= 11 is 0. The minimum atomic E-state index is 0.0897. The van der Waals surface area contributed by atoms with Crippen LogP contribution in [0.15, 0.2) is 24.3 Å². The van der Waals surface area contributed by atoms with Gasteiger partial charge in [0.1, 0.15) is 0 Å². The van der Waals surface area contributed by atoms with Gasteiger partial charge in [-0.1, -0.05) is 43.7 Å². The number of carbonyl (C=O) groups is 1. The fourth-order valence-corrected chi connectivity index (χ4v) is 2.97. The lowest BCUT2D eigenvalue weighted by atomic mass is 10.1. The Balaban J connectivity index is 1.88. The Hall–Kier alpha value is -2.10. The van der Waals surface area contributed by atoms with Gasteiger partial charge in [-0.3, -0.25) is 9.48 Å². The SMILES string of the molecule is Cc1cccc(CNC(=O)CCc2c(C)nn(CC(C)C)c2C)c1. The zero-order valence-corrected chi connectivity index (χ0v) is 15.5. The number of nitrogens with zero attached hydrogens (tertiary/aromatic N) is 2. The summed E-state index contributed by atoms with van der Waals surface area (Å²) in [5.41, 5.74) is 5.79. The van der Waals surface area contributed by atoms with Crippen molar-refractivity contribution in [2.45, 2.75) is 60.5 Å². The first-order valence-corrected chi connectivity index (χ1v) is 8.72. The lowest BCUT2D eigenvalue weighted by molar-refractivity contribution is -0.121. The molecule has 4 heteroatoms. The molecule has 0 aliphatic heterocycles. The third-order valence-corrected chi connectivity index (χ3v) is 4.24. The number of hydrogen-bond donors (Lipinski definition) is 1. The Bertz CT molecular complexity index is 701. The monoisotopic (exact) mass is 327 g/mol. The van der Waals surface area contributed by atoms with Gasteiger partial charge in [0.25, 0.3) is 0 Å². The molecule has 0 aliphatic carbocycles. The van der Waals surface area contributed by atoms with Crippen molar-refractivity contribution in [1.29, 1.82) is 0 Å². The van der Waals surface area contributed by atoms with Gasteiger partial charge >= 0.3 is 0 Å². The Morgan fingerprint density at radius 2 is 2.00 bits per heavy atom. The minimum Gasteiger partial charge on any atom is -0.352 e. The van der Waals surface area contributed by atoms with Crippen molar-refractivity contribution in [3.63, 3.8) is 0 Å². The van der Waals surface area contributed by atoms with E-state index in [2.05, 4.69) is 54.9 Å². The predicted octanol–water partition coefficient (Wildman–Crippen LogP) is 3.71. The molecule has 0 aliphatic rings. The first-order chi connectivity index (χ1) is 11.4. The molecule has 1 aromatic carbocycles. The summed E-state index contributed by atoms with van der Waals surface area (Å²) < 4.78 is 2.07. The summed E-state index contributed by atoms with van der Waals surface area (Å²) in [5, 5.41) is 7.62. The van der Waals surface area contributed by atoms with Crippen molar-refractivity contribution in [1.82, 2.24) is 15.1 Å². The molecule has 0 unspecified atom stereocenters. The maximum absolute atomic E-state index is 12.1. The van der Waals surface area contributed by atoms with E-state index in [0.29, 0.717) is 18.9 Å². The molecule has 0 bridgehead atoms. The number of nitrogens with one attached hydrogen (secondary N) is 1. The molecule has 0 saturated heterocycles. The fraction of sp³-hybridized carbons (Fsp3) is 0.500. The van der Waals surface area contributed by atoms with Crippen molar-refractivity contribution >= 4 is 5.91 Å². The quantitative estimate of drug-likeness (QED) is 0.842. The molecule has 130 valence electrons. The van der Waals surface area contributed by atoms with E-state index in [4.69, 9.17) is 0 Å². The van der Waals surface area contributed by atoms with E-state index in [-0.39, 0.29) is 5.91 Å². The number of amides is 1. The number of aryl methyl sites for hydroxylation is 2. The van der Waals surface area contributed by atoms with E-state index >= 15 is 0 Å². The summed E-state index contributed by atoms with van der Waals surface area (Å²) in [7, 11) is 0. The summed E-state index contributed by atoms with van der Waals surface area (Å²) in [4.78, 5) is 12.1. The summed E-state index contributed by atoms with van der Waals surface area (Å²) in [6.07, 6.45) is 1.25. The molecule has 0 fully saturated rings. The second-order valence-corrected chi connectivity index (χ2v) is 6.99. The van der Waals surface area contributed by atoms with E-state index in [1.165, 1.54) is 16.8 Å². The fourth-order valence-electron chi connectivity index (χ4n) is 2.97. The van der Waals surface area contributed by atoms with Gasteiger partial charge in [-0.05, 0) is 44.2 Å². The zero-order valence-electron chi connectivity index (χ0n) is 15.5. The first-order valence-electron chi connectivity index (χ1n) is 8.72. The number of hydrogen-bond acceptors (Lipinski definition) is 2. The average Bonchev–Trinajstić information content (AvgIpc) is 2.77. The molecule has 0 radical (unpaired) electrons. The molecule has 1 heterocycles. The first kappa shape index (κ1) is 18.2. The van der Waals surface area contributed by atoms with E-state index < -0.39 is 0 Å². The predicted molar refractivity (Wildman–Crippen MR) is 97.9 cm³/mol. The molecule has 0 spiro atoms. The highest BCUT2D eigenvalue weighted by Crippen LogP contribution is 2.16. The van der Waals surface area contributed by atoms with Gasteiger partial charge in [-0.2, -0.15) is 5.10 Å². The van der Waals surface area contributed by atoms with Crippen LogP contribution in [0.3, 0.4) is 0 Å². The maximum atomic E-state index is 12.1. The van der Waals surface area contributed by atoms with Crippen LogP contribution < -0.4 is 5.32 Å². The van der Waals surface area contributed by atoms with Crippen molar-refractivity contribution in [3.05, 3.63) is 52.3 Å². The van der Waals surface area contributed by atoms with Crippen LogP contribution in [-0.2, 0) is 24.3 Å². The van der Waals surface area contributed by atoms with Crippen molar-refractivity contribution in [3.8, 4) is 0 Å². The highest BCUT2D eigenvalue weighted by Gasteiger charge is 2.13. The Kier molecular flexibility index (Phi) is 6.18. The van der Waals surface area contributed by atoms with Gasteiger partial charge in [-0.25, -0.2) is 0 Å². The molecule has 24 heavy (non-hydrogen) atoms. The largest absolute Gasteiger partial charge is 0.352 e. The normalized spacial score (nSPS) is 11.1. The number of aromatic nitrogens is 2. The lowest BCUT2D eigenvalue weighted by Gasteiger charge is -2.08. The van der Waals surface area contributed by atoms with Crippen molar-refractivity contribution in [2.75, 3.05) is 0 Å². The third-order valence-electron chi connectivity index (χ3n) is 4.24. The van der Waals surface area contributed by atoms with Crippen LogP contribution in [0.5, 0.6) is 0 Å². The summed E-state index contributed by atoms with van der Waals surface area (Å²) in [5.74, 6) is 0.653. The van der Waals surface area contributed by atoms with Gasteiger partial charge in [-0.15, -0.1) is 0 Å². The molecule has 1 amide bonds. The molecule has 4 nitrogen and oxygen atoms in total. The zero-order chi connectivity index (χ0) is 17.7. The second kappa shape index (κ2) is 8.13. The van der Waals surface area contributed by atoms with Crippen molar-refractivity contribution in [2.24, 2.45) is 5.92 Å². The van der Waals surface area contributed by atoms with E-state index in [9.17, 15) is 4.79 Å².